The van der Waals surface area contributed by atoms with Gasteiger partial charge >= 0.3 is 18.0 Å². The van der Waals surface area contributed by atoms with Crippen LogP contribution in [0.15, 0.2) is 0 Å². The molecule has 3 N–H and O–H groups in total. The van der Waals surface area contributed by atoms with Crippen molar-refractivity contribution in [2.75, 3.05) is 13.1 Å². The van der Waals surface area contributed by atoms with E-state index in [9.17, 15) is 14.4 Å². The molecule has 0 aromatic rings. The first-order valence-corrected chi connectivity index (χ1v) is 6.44. The van der Waals surface area contributed by atoms with E-state index in [-0.39, 0.29) is 0 Å². The maximum atomic E-state index is 12.0. The molecule has 0 bridgehead atoms. The van der Waals surface area contributed by atoms with Crippen molar-refractivity contribution in [3.8, 4) is 0 Å². The molecular weight excluding hydrogens is 252 g/mol. The van der Waals surface area contributed by atoms with Crippen LogP contribution in [0.5, 0.6) is 0 Å². The van der Waals surface area contributed by atoms with Crippen LogP contribution in [0.2, 0.25) is 0 Å². The maximum Gasteiger partial charge on any atom is 0.326 e. The smallest absolute Gasteiger partial charge is 0.326 e. The van der Waals surface area contributed by atoms with E-state index in [0.29, 0.717) is 19.0 Å². The average molecular weight is 272 g/mol. The second-order valence-electron chi connectivity index (χ2n) is 4.83. The highest BCUT2D eigenvalue weighted by atomic mass is 16.4. The normalized spacial score (nSPS) is 15.6. The SMILES string of the molecule is CCCN(CC1CC1)C(=O)N[C@H](CC(=O)O)C(=O)O. The highest BCUT2D eigenvalue weighted by molar-refractivity contribution is 5.86. The van der Waals surface area contributed by atoms with Gasteiger partial charge in [-0.2, -0.15) is 0 Å². The molecule has 1 rings (SSSR count). The number of rotatable bonds is 8. The van der Waals surface area contributed by atoms with Gasteiger partial charge in [0.05, 0.1) is 6.42 Å². The summed E-state index contributed by atoms with van der Waals surface area (Å²) in [4.78, 5) is 35.0. The predicted octanol–water partition coefficient (Wildman–Crippen LogP) is 0.746. The van der Waals surface area contributed by atoms with Crippen LogP contribution in [-0.2, 0) is 9.59 Å². The van der Waals surface area contributed by atoms with Crippen molar-refractivity contribution in [1.82, 2.24) is 10.2 Å². The number of carbonyl (C=O) groups excluding carboxylic acids is 1. The number of carbonyl (C=O) groups is 3. The summed E-state index contributed by atoms with van der Waals surface area (Å²) < 4.78 is 0. The molecule has 0 aliphatic heterocycles. The van der Waals surface area contributed by atoms with Crippen LogP contribution in [-0.4, -0.2) is 52.2 Å². The zero-order valence-corrected chi connectivity index (χ0v) is 11.0. The summed E-state index contributed by atoms with van der Waals surface area (Å²) in [5, 5.41) is 19.8. The summed E-state index contributed by atoms with van der Waals surface area (Å²) in [6.07, 6.45) is 2.33. The van der Waals surface area contributed by atoms with Crippen LogP contribution in [0, 0.1) is 5.92 Å². The quantitative estimate of drug-likeness (QED) is 0.604. The number of aliphatic carboxylic acids is 2. The lowest BCUT2D eigenvalue weighted by Crippen LogP contribution is -2.49. The van der Waals surface area contributed by atoms with Crippen molar-refractivity contribution in [3.63, 3.8) is 0 Å². The Morgan fingerprint density at radius 3 is 2.37 bits per heavy atom. The summed E-state index contributed by atoms with van der Waals surface area (Å²) in [7, 11) is 0. The van der Waals surface area contributed by atoms with Crippen molar-refractivity contribution < 1.29 is 24.6 Å². The molecule has 7 nitrogen and oxygen atoms in total. The monoisotopic (exact) mass is 272 g/mol. The van der Waals surface area contributed by atoms with Crippen LogP contribution >= 0.6 is 0 Å². The van der Waals surface area contributed by atoms with Gasteiger partial charge in [-0.05, 0) is 25.2 Å². The Morgan fingerprint density at radius 1 is 1.32 bits per heavy atom. The van der Waals surface area contributed by atoms with Gasteiger partial charge in [0.15, 0.2) is 0 Å². The van der Waals surface area contributed by atoms with Gasteiger partial charge in [-0.1, -0.05) is 6.92 Å². The third kappa shape index (κ3) is 5.58. The minimum absolute atomic E-state index is 0.498. The standard InChI is InChI=1S/C12H20N2O5/c1-2-5-14(7-8-3-4-8)12(19)13-9(11(17)18)6-10(15)16/h8-9H,2-7H2,1H3,(H,13,19)(H,15,16)(H,17,18)/t9-/m1/s1. The second-order valence-corrected chi connectivity index (χ2v) is 4.83. The first kappa shape index (κ1) is 15.3. The van der Waals surface area contributed by atoms with Crippen LogP contribution in [0.1, 0.15) is 32.6 Å². The number of amides is 2. The molecule has 7 heteroatoms. The zero-order chi connectivity index (χ0) is 14.4. The summed E-state index contributed by atoms with van der Waals surface area (Å²) >= 11 is 0. The van der Waals surface area contributed by atoms with Gasteiger partial charge in [0.1, 0.15) is 6.04 Å². The Hall–Kier alpha value is -1.79. The Labute approximate surface area is 111 Å². The number of nitrogens with zero attached hydrogens (tertiary/aromatic N) is 1. The first-order valence-electron chi connectivity index (χ1n) is 6.44. The number of urea groups is 1. The van der Waals surface area contributed by atoms with E-state index in [1.165, 1.54) is 0 Å². The number of carboxylic acid groups (broad SMARTS) is 2. The van der Waals surface area contributed by atoms with Gasteiger partial charge in [0.2, 0.25) is 0 Å². The summed E-state index contributed by atoms with van der Waals surface area (Å²) in [6, 6.07) is -1.88. The average Bonchev–Trinajstić information content (AvgIpc) is 3.10. The molecule has 0 unspecified atom stereocenters. The van der Waals surface area contributed by atoms with E-state index in [4.69, 9.17) is 10.2 Å². The Bertz CT molecular complexity index is 354. The molecule has 1 saturated carbocycles. The minimum atomic E-state index is -1.39. The zero-order valence-electron chi connectivity index (χ0n) is 11.0. The van der Waals surface area contributed by atoms with E-state index >= 15 is 0 Å². The van der Waals surface area contributed by atoms with Crippen molar-refractivity contribution in [2.45, 2.75) is 38.6 Å². The lowest BCUT2D eigenvalue weighted by Gasteiger charge is -2.24. The Morgan fingerprint density at radius 2 is 1.95 bits per heavy atom. The van der Waals surface area contributed by atoms with E-state index in [1.807, 2.05) is 6.92 Å². The molecule has 2 amide bonds. The van der Waals surface area contributed by atoms with Crippen LogP contribution < -0.4 is 5.32 Å². The van der Waals surface area contributed by atoms with Crippen molar-refractivity contribution in [3.05, 3.63) is 0 Å². The number of carboxylic acids is 2. The maximum absolute atomic E-state index is 12.0. The fourth-order valence-corrected chi connectivity index (χ4v) is 1.77. The molecule has 1 aliphatic carbocycles. The van der Waals surface area contributed by atoms with Gasteiger partial charge in [-0.3, -0.25) is 4.79 Å². The van der Waals surface area contributed by atoms with Gasteiger partial charge in [0, 0.05) is 13.1 Å². The molecule has 1 fully saturated rings. The van der Waals surface area contributed by atoms with E-state index in [1.54, 1.807) is 4.90 Å². The molecule has 0 aromatic carbocycles. The molecule has 108 valence electrons. The van der Waals surface area contributed by atoms with Gasteiger partial charge in [-0.15, -0.1) is 0 Å². The lowest BCUT2D eigenvalue weighted by atomic mass is 10.2. The number of hydrogen-bond donors (Lipinski definition) is 3. The minimum Gasteiger partial charge on any atom is -0.481 e. The Balaban J connectivity index is 2.55. The molecule has 0 spiro atoms. The van der Waals surface area contributed by atoms with Crippen molar-refractivity contribution in [1.29, 1.82) is 0 Å². The summed E-state index contributed by atoms with van der Waals surface area (Å²) in [6.45, 7) is 3.08. The van der Waals surface area contributed by atoms with Crippen molar-refractivity contribution in [2.24, 2.45) is 5.92 Å². The molecule has 1 atom stereocenters. The largest absolute Gasteiger partial charge is 0.481 e. The molecular formula is C12H20N2O5. The van der Waals surface area contributed by atoms with Crippen LogP contribution in [0.25, 0.3) is 0 Å². The van der Waals surface area contributed by atoms with E-state index in [0.717, 1.165) is 19.3 Å². The molecule has 19 heavy (non-hydrogen) atoms. The lowest BCUT2D eigenvalue weighted by molar-refractivity contribution is -0.145. The second kappa shape index (κ2) is 6.96. The third-order valence-electron chi connectivity index (χ3n) is 2.93. The molecule has 0 aromatic heterocycles. The summed E-state index contributed by atoms with van der Waals surface area (Å²) in [5.41, 5.74) is 0. The molecule has 1 aliphatic rings. The van der Waals surface area contributed by atoms with Crippen LogP contribution in [0.3, 0.4) is 0 Å². The van der Waals surface area contributed by atoms with E-state index < -0.39 is 30.4 Å². The molecule has 0 heterocycles. The van der Waals surface area contributed by atoms with Crippen LogP contribution in [0.4, 0.5) is 4.79 Å². The highest BCUT2D eigenvalue weighted by Gasteiger charge is 2.29. The molecule has 0 radical (unpaired) electrons. The molecule has 0 saturated heterocycles. The topological polar surface area (TPSA) is 107 Å². The number of nitrogens with one attached hydrogen (secondary N) is 1. The van der Waals surface area contributed by atoms with Gasteiger partial charge in [-0.25, -0.2) is 9.59 Å². The van der Waals surface area contributed by atoms with E-state index in [2.05, 4.69) is 5.32 Å². The third-order valence-corrected chi connectivity index (χ3v) is 2.93. The van der Waals surface area contributed by atoms with Crippen molar-refractivity contribution >= 4 is 18.0 Å². The van der Waals surface area contributed by atoms with Gasteiger partial charge in [0.25, 0.3) is 0 Å². The fourth-order valence-electron chi connectivity index (χ4n) is 1.77. The van der Waals surface area contributed by atoms with Gasteiger partial charge < -0.3 is 20.4 Å². The first-order chi connectivity index (χ1) is 8.93. The predicted molar refractivity (Wildman–Crippen MR) is 66.8 cm³/mol. The number of hydrogen-bond acceptors (Lipinski definition) is 3. The fraction of sp³-hybridized carbons (Fsp3) is 0.750. The highest BCUT2D eigenvalue weighted by Crippen LogP contribution is 2.29. The summed E-state index contributed by atoms with van der Waals surface area (Å²) in [5.74, 6) is -2.09. The Kier molecular flexibility index (Phi) is 5.59.